The summed E-state index contributed by atoms with van der Waals surface area (Å²) in [4.78, 5) is 25.2. The maximum Gasteiger partial charge on any atom is 0.248 e. The average molecular weight is 246 g/mol. The molecule has 1 aromatic rings. The fraction of sp³-hybridized carbons (Fsp3) is 0.429. The lowest BCUT2D eigenvalue weighted by molar-refractivity contribution is -0.152. The maximum absolute atomic E-state index is 12.1. The molecule has 4 nitrogen and oxygen atoms in total. The van der Waals surface area contributed by atoms with Crippen LogP contribution in [-0.4, -0.2) is 35.3 Å². The van der Waals surface area contributed by atoms with Gasteiger partial charge in [-0.1, -0.05) is 30.3 Å². The minimum absolute atomic E-state index is 0.143. The van der Waals surface area contributed by atoms with Crippen LogP contribution >= 0.6 is 0 Å². The molecule has 2 rings (SSSR count). The summed E-state index contributed by atoms with van der Waals surface area (Å²) in [5.41, 5.74) is 0.486. The lowest BCUT2D eigenvalue weighted by atomic mass is 10.00. The SMILES string of the molecule is CC1(C)NCC(=O)N(CCc2ccccc2)C1=O. The van der Waals surface area contributed by atoms with Gasteiger partial charge in [0.2, 0.25) is 11.8 Å². The fourth-order valence-electron chi connectivity index (χ4n) is 2.03. The first-order chi connectivity index (χ1) is 8.50. The van der Waals surface area contributed by atoms with Crippen LogP contribution in [0.3, 0.4) is 0 Å². The number of hydrogen-bond acceptors (Lipinski definition) is 3. The molecule has 4 heteroatoms. The Morgan fingerprint density at radius 2 is 1.89 bits per heavy atom. The molecule has 2 amide bonds. The van der Waals surface area contributed by atoms with Gasteiger partial charge < -0.3 is 0 Å². The van der Waals surface area contributed by atoms with Gasteiger partial charge in [0, 0.05) is 6.54 Å². The third-order valence-corrected chi connectivity index (χ3v) is 3.23. The summed E-state index contributed by atoms with van der Waals surface area (Å²) in [6.07, 6.45) is 0.703. The van der Waals surface area contributed by atoms with Gasteiger partial charge in [0.1, 0.15) is 0 Å². The van der Waals surface area contributed by atoms with Gasteiger partial charge in [0.25, 0.3) is 0 Å². The molecule has 96 valence electrons. The molecule has 1 fully saturated rings. The van der Waals surface area contributed by atoms with E-state index in [4.69, 9.17) is 0 Å². The van der Waals surface area contributed by atoms with E-state index in [9.17, 15) is 9.59 Å². The zero-order chi connectivity index (χ0) is 13.2. The van der Waals surface area contributed by atoms with Crippen molar-refractivity contribution in [2.75, 3.05) is 13.1 Å². The molecular weight excluding hydrogens is 228 g/mol. The quantitative estimate of drug-likeness (QED) is 0.808. The number of nitrogens with zero attached hydrogens (tertiary/aromatic N) is 1. The molecule has 0 unspecified atom stereocenters. The highest BCUT2D eigenvalue weighted by Gasteiger charge is 2.39. The third-order valence-electron chi connectivity index (χ3n) is 3.23. The zero-order valence-corrected chi connectivity index (χ0v) is 10.8. The minimum atomic E-state index is -0.648. The highest BCUT2D eigenvalue weighted by atomic mass is 16.2. The number of amides is 2. The van der Waals surface area contributed by atoms with Crippen LogP contribution in [0.2, 0.25) is 0 Å². The molecule has 0 aliphatic carbocycles. The summed E-state index contributed by atoms with van der Waals surface area (Å²) in [6.45, 7) is 4.29. The molecule has 0 aromatic heterocycles. The number of piperazine rings is 1. The number of rotatable bonds is 3. The van der Waals surface area contributed by atoms with Gasteiger partial charge in [-0.15, -0.1) is 0 Å². The molecule has 0 atom stereocenters. The molecule has 1 aliphatic heterocycles. The highest BCUT2D eigenvalue weighted by molar-refractivity contribution is 6.03. The van der Waals surface area contributed by atoms with E-state index < -0.39 is 5.54 Å². The van der Waals surface area contributed by atoms with Crippen LogP contribution in [0.1, 0.15) is 19.4 Å². The van der Waals surface area contributed by atoms with E-state index in [1.54, 1.807) is 13.8 Å². The van der Waals surface area contributed by atoms with Crippen LogP contribution in [0.4, 0.5) is 0 Å². The van der Waals surface area contributed by atoms with E-state index in [1.165, 1.54) is 4.90 Å². The largest absolute Gasteiger partial charge is 0.295 e. The molecule has 1 aromatic carbocycles. The standard InChI is InChI=1S/C14H18N2O2/c1-14(2)13(18)16(12(17)10-15-14)9-8-11-6-4-3-5-7-11/h3-7,15H,8-10H2,1-2H3. The summed E-state index contributed by atoms with van der Waals surface area (Å²) in [5, 5.41) is 2.95. The highest BCUT2D eigenvalue weighted by Crippen LogP contribution is 2.14. The van der Waals surface area contributed by atoms with Gasteiger partial charge in [0.15, 0.2) is 0 Å². The van der Waals surface area contributed by atoms with E-state index in [2.05, 4.69) is 5.32 Å². The van der Waals surface area contributed by atoms with Gasteiger partial charge in [-0.3, -0.25) is 19.8 Å². The zero-order valence-electron chi connectivity index (χ0n) is 10.8. The second-order valence-corrected chi connectivity index (χ2v) is 5.06. The van der Waals surface area contributed by atoms with Crippen LogP contribution in [0, 0.1) is 0 Å². The topological polar surface area (TPSA) is 49.4 Å². The van der Waals surface area contributed by atoms with Gasteiger partial charge in [-0.2, -0.15) is 0 Å². The summed E-state index contributed by atoms with van der Waals surface area (Å²) >= 11 is 0. The summed E-state index contributed by atoms with van der Waals surface area (Å²) in [6, 6.07) is 9.87. The van der Waals surface area contributed by atoms with Crippen molar-refractivity contribution in [1.29, 1.82) is 0 Å². The number of carbonyl (C=O) groups is 2. The van der Waals surface area contributed by atoms with Gasteiger partial charge >= 0.3 is 0 Å². The third kappa shape index (κ3) is 2.59. The molecule has 1 saturated heterocycles. The van der Waals surface area contributed by atoms with Crippen molar-refractivity contribution in [3.05, 3.63) is 35.9 Å². The van der Waals surface area contributed by atoms with E-state index in [0.29, 0.717) is 13.0 Å². The maximum atomic E-state index is 12.1. The molecule has 0 radical (unpaired) electrons. The Labute approximate surface area is 107 Å². The Morgan fingerprint density at radius 3 is 2.56 bits per heavy atom. The fourth-order valence-corrected chi connectivity index (χ4v) is 2.03. The normalized spacial score (nSPS) is 19.1. The van der Waals surface area contributed by atoms with Gasteiger partial charge in [0.05, 0.1) is 12.1 Å². The summed E-state index contributed by atoms with van der Waals surface area (Å²) in [7, 11) is 0. The predicted molar refractivity (Wildman–Crippen MR) is 68.9 cm³/mol. The number of nitrogens with one attached hydrogen (secondary N) is 1. The number of hydrogen-bond donors (Lipinski definition) is 1. The van der Waals surface area contributed by atoms with E-state index in [-0.39, 0.29) is 18.4 Å². The lowest BCUT2D eigenvalue weighted by Crippen LogP contribution is -2.63. The van der Waals surface area contributed by atoms with Crippen molar-refractivity contribution < 1.29 is 9.59 Å². The van der Waals surface area contributed by atoms with Crippen molar-refractivity contribution in [3.8, 4) is 0 Å². The Kier molecular flexibility index (Phi) is 3.48. The monoisotopic (exact) mass is 246 g/mol. The van der Waals surface area contributed by atoms with Crippen LogP contribution < -0.4 is 5.32 Å². The smallest absolute Gasteiger partial charge is 0.248 e. The van der Waals surface area contributed by atoms with E-state index in [1.807, 2.05) is 30.3 Å². The summed E-state index contributed by atoms with van der Waals surface area (Å²) in [5.74, 6) is -0.287. The Morgan fingerprint density at radius 1 is 1.22 bits per heavy atom. The van der Waals surface area contributed by atoms with E-state index >= 15 is 0 Å². The number of benzene rings is 1. The second-order valence-electron chi connectivity index (χ2n) is 5.06. The first-order valence-electron chi connectivity index (χ1n) is 6.14. The van der Waals surface area contributed by atoms with Crippen LogP contribution in [-0.2, 0) is 16.0 Å². The molecular formula is C14H18N2O2. The number of carbonyl (C=O) groups excluding carboxylic acids is 2. The molecule has 1 N–H and O–H groups in total. The van der Waals surface area contributed by atoms with Crippen LogP contribution in [0.5, 0.6) is 0 Å². The molecule has 1 aliphatic rings. The average Bonchev–Trinajstić information content (AvgIpc) is 2.36. The molecule has 0 saturated carbocycles. The second kappa shape index (κ2) is 4.90. The lowest BCUT2D eigenvalue weighted by Gasteiger charge is -2.36. The molecule has 0 bridgehead atoms. The first-order valence-corrected chi connectivity index (χ1v) is 6.14. The van der Waals surface area contributed by atoms with Crippen LogP contribution in [0.25, 0.3) is 0 Å². The van der Waals surface area contributed by atoms with Crippen molar-refractivity contribution in [2.45, 2.75) is 25.8 Å². The Balaban J connectivity index is 2.03. The molecule has 1 heterocycles. The van der Waals surface area contributed by atoms with Crippen molar-refractivity contribution in [2.24, 2.45) is 0 Å². The molecule has 0 spiro atoms. The number of imide groups is 1. The van der Waals surface area contributed by atoms with Crippen molar-refractivity contribution in [3.63, 3.8) is 0 Å². The Bertz CT molecular complexity index is 454. The van der Waals surface area contributed by atoms with Gasteiger partial charge in [-0.25, -0.2) is 0 Å². The van der Waals surface area contributed by atoms with Crippen LogP contribution in [0.15, 0.2) is 30.3 Å². The Hall–Kier alpha value is -1.68. The molecule has 18 heavy (non-hydrogen) atoms. The van der Waals surface area contributed by atoms with Gasteiger partial charge in [-0.05, 0) is 25.8 Å². The minimum Gasteiger partial charge on any atom is -0.295 e. The summed E-state index contributed by atoms with van der Waals surface area (Å²) < 4.78 is 0. The van der Waals surface area contributed by atoms with E-state index in [0.717, 1.165) is 5.56 Å². The first kappa shape index (κ1) is 12.8. The predicted octanol–water partition coefficient (Wildman–Crippen LogP) is 0.966. The van der Waals surface area contributed by atoms with Crippen molar-refractivity contribution >= 4 is 11.8 Å². The van der Waals surface area contributed by atoms with Crippen molar-refractivity contribution in [1.82, 2.24) is 10.2 Å².